The summed E-state index contributed by atoms with van der Waals surface area (Å²) >= 11 is 0. The first-order chi connectivity index (χ1) is 10.9. The molecule has 0 aromatic carbocycles. The van der Waals surface area contributed by atoms with Crippen molar-refractivity contribution in [2.75, 3.05) is 19.6 Å². The van der Waals surface area contributed by atoms with Gasteiger partial charge >= 0.3 is 13.6 Å². The highest BCUT2D eigenvalue weighted by Gasteiger charge is 2.27. The molecule has 0 aliphatic heterocycles. The Morgan fingerprint density at radius 3 is 1.78 bits per heavy atom. The number of esters is 1. The van der Waals surface area contributed by atoms with Crippen molar-refractivity contribution in [3.63, 3.8) is 0 Å². The molecule has 0 atom stereocenters. The zero-order valence-corrected chi connectivity index (χ0v) is 15.9. The van der Waals surface area contributed by atoms with Crippen LogP contribution < -0.4 is 0 Å². The molecule has 0 fully saturated rings. The lowest BCUT2D eigenvalue weighted by molar-refractivity contribution is -0.137. The van der Waals surface area contributed by atoms with Crippen LogP contribution in [0.2, 0.25) is 0 Å². The topological polar surface area (TPSA) is 61.8 Å². The monoisotopic (exact) mass is 348 g/mol. The smallest absolute Gasteiger partial charge is 0.367 e. The molecular weight excluding hydrogens is 315 g/mol. The van der Waals surface area contributed by atoms with Gasteiger partial charge in [0, 0.05) is 5.57 Å². The van der Waals surface area contributed by atoms with Crippen molar-refractivity contribution in [3.05, 3.63) is 12.2 Å². The van der Waals surface area contributed by atoms with E-state index >= 15 is 0 Å². The second kappa shape index (κ2) is 13.8. The molecule has 136 valence electrons. The molecular formula is C17H33O5P. The van der Waals surface area contributed by atoms with E-state index in [9.17, 15) is 9.36 Å². The van der Waals surface area contributed by atoms with Crippen LogP contribution in [0.1, 0.15) is 72.1 Å². The summed E-state index contributed by atoms with van der Waals surface area (Å²) in [5, 5.41) is 0. The average molecular weight is 348 g/mol. The minimum Gasteiger partial charge on any atom is -0.449 e. The van der Waals surface area contributed by atoms with Gasteiger partial charge in [-0.1, -0.05) is 59.0 Å². The fourth-order valence-electron chi connectivity index (χ4n) is 1.84. The van der Waals surface area contributed by atoms with Crippen molar-refractivity contribution in [1.82, 2.24) is 0 Å². The molecule has 0 rings (SSSR count). The van der Waals surface area contributed by atoms with Crippen LogP contribution in [0, 0.1) is 0 Å². The molecule has 0 amide bonds. The third-order valence-corrected chi connectivity index (χ3v) is 4.87. The first-order valence-electron chi connectivity index (χ1n) is 8.66. The van der Waals surface area contributed by atoms with E-state index in [2.05, 4.69) is 20.4 Å². The Morgan fingerprint density at radius 1 is 0.913 bits per heavy atom. The number of carbonyl (C=O) groups is 1. The Kier molecular flexibility index (Phi) is 13.4. The summed E-state index contributed by atoms with van der Waals surface area (Å²) in [5.74, 6) is -0.575. The van der Waals surface area contributed by atoms with E-state index in [1.54, 1.807) is 6.92 Å². The van der Waals surface area contributed by atoms with Gasteiger partial charge in [0.05, 0.1) is 13.2 Å². The minimum absolute atomic E-state index is 0.266. The average Bonchev–Trinajstić information content (AvgIpc) is 2.52. The van der Waals surface area contributed by atoms with E-state index < -0.39 is 13.6 Å². The van der Waals surface area contributed by atoms with Crippen molar-refractivity contribution < 1.29 is 23.1 Å². The molecule has 0 spiro atoms. The summed E-state index contributed by atoms with van der Waals surface area (Å²) in [6.07, 6.45) is 7.85. The van der Waals surface area contributed by atoms with Crippen molar-refractivity contribution in [1.29, 1.82) is 0 Å². The lowest BCUT2D eigenvalue weighted by Gasteiger charge is -2.18. The Hall–Kier alpha value is -0.640. The van der Waals surface area contributed by atoms with Gasteiger partial charge in [0.15, 0.2) is 6.35 Å². The number of hydrogen-bond donors (Lipinski definition) is 0. The van der Waals surface area contributed by atoms with Gasteiger partial charge in [-0.05, 0) is 19.8 Å². The molecule has 5 nitrogen and oxygen atoms in total. The van der Waals surface area contributed by atoms with Crippen LogP contribution in [0.3, 0.4) is 0 Å². The second-order valence-electron chi connectivity index (χ2n) is 5.74. The Labute approximate surface area is 141 Å². The van der Waals surface area contributed by atoms with Gasteiger partial charge in [-0.15, -0.1) is 0 Å². The Bertz CT molecular complexity index is 363. The predicted molar refractivity (Wildman–Crippen MR) is 93.6 cm³/mol. The van der Waals surface area contributed by atoms with Gasteiger partial charge in [-0.3, -0.25) is 4.57 Å². The third-order valence-electron chi connectivity index (χ3n) is 3.27. The van der Waals surface area contributed by atoms with Crippen LogP contribution in [-0.2, 0) is 23.1 Å². The summed E-state index contributed by atoms with van der Waals surface area (Å²) in [4.78, 5) is 11.5. The van der Waals surface area contributed by atoms with Gasteiger partial charge in [-0.25, -0.2) is 4.79 Å². The number of rotatable bonds is 15. The van der Waals surface area contributed by atoms with E-state index in [1.165, 1.54) is 0 Å². The standard InChI is InChI=1S/C17H33O5P/c1-5-7-9-11-13-21-23(19,15-20-17(18)16(3)4)22-14-12-10-8-6-2/h3,5-15H2,1-2,4H3. The zero-order chi connectivity index (χ0) is 17.6. The number of ether oxygens (including phenoxy) is 1. The highest BCUT2D eigenvalue weighted by Crippen LogP contribution is 2.48. The zero-order valence-electron chi connectivity index (χ0n) is 15.0. The number of carbonyl (C=O) groups excluding carboxylic acids is 1. The molecule has 0 heterocycles. The summed E-state index contributed by atoms with van der Waals surface area (Å²) in [5.41, 5.74) is 0.266. The molecule has 23 heavy (non-hydrogen) atoms. The maximum atomic E-state index is 12.7. The fourth-order valence-corrected chi connectivity index (χ4v) is 3.15. The quantitative estimate of drug-likeness (QED) is 0.170. The minimum atomic E-state index is -3.39. The first kappa shape index (κ1) is 22.4. The van der Waals surface area contributed by atoms with Crippen molar-refractivity contribution >= 4 is 13.6 Å². The van der Waals surface area contributed by atoms with Crippen LogP contribution in [0.4, 0.5) is 0 Å². The van der Waals surface area contributed by atoms with E-state index in [1.807, 2.05) is 0 Å². The maximum Gasteiger partial charge on any atom is 0.367 e. The molecule has 0 aromatic rings. The normalized spacial score (nSPS) is 11.4. The van der Waals surface area contributed by atoms with E-state index in [0.29, 0.717) is 13.2 Å². The Balaban J connectivity index is 4.30. The molecule has 0 bridgehead atoms. The largest absolute Gasteiger partial charge is 0.449 e. The van der Waals surface area contributed by atoms with Crippen molar-refractivity contribution in [3.8, 4) is 0 Å². The van der Waals surface area contributed by atoms with Crippen molar-refractivity contribution in [2.45, 2.75) is 72.1 Å². The van der Waals surface area contributed by atoms with Crippen LogP contribution in [0.5, 0.6) is 0 Å². The molecule has 0 aromatic heterocycles. The molecule has 0 aliphatic rings. The molecule has 0 radical (unpaired) electrons. The summed E-state index contributed by atoms with van der Waals surface area (Å²) in [7, 11) is -3.39. The van der Waals surface area contributed by atoms with E-state index in [-0.39, 0.29) is 11.9 Å². The third kappa shape index (κ3) is 12.4. The molecule has 6 heteroatoms. The highest BCUT2D eigenvalue weighted by atomic mass is 31.2. The highest BCUT2D eigenvalue weighted by molar-refractivity contribution is 7.53. The molecule has 0 saturated heterocycles. The van der Waals surface area contributed by atoms with Crippen LogP contribution >= 0.6 is 7.60 Å². The summed E-state index contributed by atoms with van der Waals surface area (Å²) in [6, 6.07) is 0. The molecule has 0 N–H and O–H groups in total. The lowest BCUT2D eigenvalue weighted by atomic mass is 10.2. The van der Waals surface area contributed by atoms with Gasteiger partial charge in [-0.2, -0.15) is 0 Å². The van der Waals surface area contributed by atoms with Crippen LogP contribution in [0.25, 0.3) is 0 Å². The maximum absolute atomic E-state index is 12.7. The van der Waals surface area contributed by atoms with Crippen molar-refractivity contribution in [2.24, 2.45) is 0 Å². The molecule has 0 unspecified atom stereocenters. The van der Waals surface area contributed by atoms with Crippen LogP contribution in [-0.4, -0.2) is 25.5 Å². The Morgan fingerprint density at radius 2 is 1.39 bits per heavy atom. The molecule has 0 aliphatic carbocycles. The van der Waals surface area contributed by atoms with Gasteiger partial charge < -0.3 is 13.8 Å². The predicted octanol–water partition coefficient (Wildman–Crippen LogP) is 5.45. The van der Waals surface area contributed by atoms with E-state index in [0.717, 1.165) is 51.4 Å². The molecule has 0 saturated carbocycles. The SMILES string of the molecule is C=C(C)C(=O)OCP(=O)(OCCCCCC)OCCCCCC. The summed E-state index contributed by atoms with van der Waals surface area (Å²) in [6.45, 7) is 10.0. The second-order valence-corrected chi connectivity index (χ2v) is 7.74. The van der Waals surface area contributed by atoms with Crippen LogP contribution in [0.15, 0.2) is 12.2 Å². The van der Waals surface area contributed by atoms with E-state index in [4.69, 9.17) is 13.8 Å². The first-order valence-corrected chi connectivity index (χ1v) is 10.4. The van der Waals surface area contributed by atoms with Gasteiger partial charge in [0.25, 0.3) is 0 Å². The van der Waals surface area contributed by atoms with Gasteiger partial charge in [0.1, 0.15) is 0 Å². The number of hydrogen-bond acceptors (Lipinski definition) is 5. The lowest BCUT2D eigenvalue weighted by Crippen LogP contribution is -2.10. The van der Waals surface area contributed by atoms with Gasteiger partial charge in [0.2, 0.25) is 0 Å². The fraction of sp³-hybridized carbons (Fsp3) is 0.824. The summed E-state index contributed by atoms with van der Waals surface area (Å²) < 4.78 is 28.5. The number of unbranched alkanes of at least 4 members (excludes halogenated alkanes) is 6.